The van der Waals surface area contributed by atoms with E-state index in [-0.39, 0.29) is 19.0 Å². The van der Waals surface area contributed by atoms with Gasteiger partial charge in [0.1, 0.15) is 11.5 Å². The molecule has 0 radical (unpaired) electrons. The molecule has 0 spiro atoms. The Kier molecular flexibility index (Phi) is 6.73. The van der Waals surface area contributed by atoms with Crippen LogP contribution in [-0.2, 0) is 9.53 Å². The van der Waals surface area contributed by atoms with E-state index in [1.165, 1.54) is 10.8 Å². The van der Waals surface area contributed by atoms with Gasteiger partial charge in [0.15, 0.2) is 6.04 Å². The smallest absolute Gasteiger partial charge is 0.328 e. The van der Waals surface area contributed by atoms with Crippen LogP contribution in [-0.4, -0.2) is 51.0 Å². The quantitative estimate of drug-likeness (QED) is 0.521. The number of carbonyl (C=O) groups excluding carboxylic acids is 1. The van der Waals surface area contributed by atoms with E-state index in [0.717, 1.165) is 0 Å². The molecule has 0 aliphatic heterocycles. The summed E-state index contributed by atoms with van der Waals surface area (Å²) in [6.07, 6.45) is 1.47. The van der Waals surface area contributed by atoms with Crippen molar-refractivity contribution in [1.82, 2.24) is 20.1 Å². The molecule has 1 unspecified atom stereocenters. The van der Waals surface area contributed by atoms with Crippen molar-refractivity contribution in [3.63, 3.8) is 0 Å². The SMILES string of the molecule is C=CCOCC(NC(=O)c1nc(C)n(-c2c(Cl)cccc2Cl)n1)C(=O)O. The summed E-state index contributed by atoms with van der Waals surface area (Å²) in [6, 6.07) is 3.68. The van der Waals surface area contributed by atoms with Crippen molar-refractivity contribution in [1.29, 1.82) is 0 Å². The van der Waals surface area contributed by atoms with Gasteiger partial charge in [-0.2, -0.15) is 0 Å². The first-order valence-corrected chi connectivity index (χ1v) is 8.21. The van der Waals surface area contributed by atoms with Crippen LogP contribution in [0, 0.1) is 6.92 Å². The summed E-state index contributed by atoms with van der Waals surface area (Å²) >= 11 is 12.3. The highest BCUT2D eigenvalue weighted by Gasteiger charge is 2.24. The van der Waals surface area contributed by atoms with Crippen LogP contribution in [0.25, 0.3) is 5.69 Å². The highest BCUT2D eigenvalue weighted by atomic mass is 35.5. The van der Waals surface area contributed by atoms with Gasteiger partial charge in [0, 0.05) is 0 Å². The van der Waals surface area contributed by atoms with Gasteiger partial charge in [0.2, 0.25) is 5.82 Å². The Morgan fingerprint density at radius 1 is 1.42 bits per heavy atom. The number of carboxylic acids is 1. The fraction of sp³-hybridized carbons (Fsp3) is 0.250. The molecule has 8 nitrogen and oxygen atoms in total. The van der Waals surface area contributed by atoms with E-state index in [9.17, 15) is 14.7 Å². The zero-order chi connectivity index (χ0) is 19.3. The summed E-state index contributed by atoms with van der Waals surface area (Å²) < 4.78 is 6.40. The summed E-state index contributed by atoms with van der Waals surface area (Å²) in [5.74, 6) is -1.86. The normalized spacial score (nSPS) is 11.8. The Morgan fingerprint density at radius 3 is 2.65 bits per heavy atom. The van der Waals surface area contributed by atoms with Gasteiger partial charge < -0.3 is 15.2 Å². The van der Waals surface area contributed by atoms with Gasteiger partial charge in [-0.25, -0.2) is 14.5 Å². The van der Waals surface area contributed by atoms with E-state index < -0.39 is 17.9 Å². The molecule has 1 aromatic heterocycles. The number of hydrogen-bond acceptors (Lipinski definition) is 5. The van der Waals surface area contributed by atoms with Crippen molar-refractivity contribution in [3.05, 3.63) is 52.5 Å². The van der Waals surface area contributed by atoms with Crippen molar-refractivity contribution < 1.29 is 19.4 Å². The molecule has 2 N–H and O–H groups in total. The molecule has 138 valence electrons. The predicted molar refractivity (Wildman–Crippen MR) is 96.0 cm³/mol. The topological polar surface area (TPSA) is 106 Å². The van der Waals surface area contributed by atoms with E-state index >= 15 is 0 Å². The monoisotopic (exact) mass is 398 g/mol. The van der Waals surface area contributed by atoms with Crippen molar-refractivity contribution in [3.8, 4) is 5.69 Å². The van der Waals surface area contributed by atoms with Gasteiger partial charge in [-0.05, 0) is 19.1 Å². The molecule has 1 aromatic carbocycles. The third-order valence-corrected chi connectivity index (χ3v) is 3.86. The molecule has 0 aliphatic carbocycles. The lowest BCUT2D eigenvalue weighted by molar-refractivity contribution is -0.140. The Morgan fingerprint density at radius 2 is 2.08 bits per heavy atom. The number of nitrogens with one attached hydrogen (secondary N) is 1. The molecule has 1 heterocycles. The van der Waals surface area contributed by atoms with E-state index in [1.54, 1.807) is 25.1 Å². The van der Waals surface area contributed by atoms with Crippen LogP contribution in [0.3, 0.4) is 0 Å². The number of carbonyl (C=O) groups is 2. The highest BCUT2D eigenvalue weighted by molar-refractivity contribution is 6.37. The van der Waals surface area contributed by atoms with E-state index in [4.69, 9.17) is 27.9 Å². The van der Waals surface area contributed by atoms with Gasteiger partial charge in [-0.1, -0.05) is 35.3 Å². The standard InChI is InChI=1S/C16H16Cl2N4O4/c1-3-7-26-8-12(16(24)25)20-15(23)14-19-9(2)22(21-14)13-10(17)5-4-6-11(13)18/h3-6,12H,1,7-8H2,2H3,(H,20,23)(H,24,25). The molecule has 2 aromatic rings. The number of carboxylic acid groups (broad SMARTS) is 1. The maximum Gasteiger partial charge on any atom is 0.328 e. The molecule has 0 saturated carbocycles. The Hall–Kier alpha value is -2.42. The Labute approximate surface area is 159 Å². The number of aromatic nitrogens is 3. The number of halogens is 2. The average molecular weight is 399 g/mol. The number of aryl methyl sites for hydroxylation is 1. The summed E-state index contributed by atoms with van der Waals surface area (Å²) in [5, 5.41) is 16.2. The lowest BCUT2D eigenvalue weighted by atomic mass is 10.3. The zero-order valence-corrected chi connectivity index (χ0v) is 15.3. The molecule has 26 heavy (non-hydrogen) atoms. The average Bonchev–Trinajstić information content (AvgIpc) is 2.95. The number of para-hydroxylation sites is 1. The summed E-state index contributed by atoms with van der Waals surface area (Å²) in [4.78, 5) is 27.6. The van der Waals surface area contributed by atoms with Gasteiger partial charge in [0.25, 0.3) is 5.91 Å². The number of ether oxygens (including phenoxy) is 1. The second-order valence-corrected chi connectivity index (χ2v) is 5.97. The maximum absolute atomic E-state index is 12.3. The minimum atomic E-state index is -1.25. The van der Waals surface area contributed by atoms with Crippen LogP contribution in [0.2, 0.25) is 10.0 Å². The lowest BCUT2D eigenvalue weighted by Gasteiger charge is -2.13. The minimum Gasteiger partial charge on any atom is -0.480 e. The molecular formula is C16H16Cl2N4O4. The number of amides is 1. The third-order valence-electron chi connectivity index (χ3n) is 3.25. The predicted octanol–water partition coefficient (Wildman–Crippen LogP) is 2.27. The van der Waals surface area contributed by atoms with Gasteiger partial charge >= 0.3 is 5.97 Å². The lowest BCUT2D eigenvalue weighted by Crippen LogP contribution is -2.44. The van der Waals surface area contributed by atoms with Crippen LogP contribution in [0.4, 0.5) is 0 Å². The molecular weight excluding hydrogens is 383 g/mol. The molecule has 0 aliphatic rings. The molecule has 0 bridgehead atoms. The first-order chi connectivity index (χ1) is 12.3. The van der Waals surface area contributed by atoms with Crippen LogP contribution in [0.1, 0.15) is 16.4 Å². The van der Waals surface area contributed by atoms with Gasteiger partial charge in [-0.3, -0.25) is 4.79 Å². The van der Waals surface area contributed by atoms with Crippen LogP contribution in [0.15, 0.2) is 30.9 Å². The largest absolute Gasteiger partial charge is 0.480 e. The van der Waals surface area contributed by atoms with E-state index in [0.29, 0.717) is 21.6 Å². The van der Waals surface area contributed by atoms with Crippen LogP contribution >= 0.6 is 23.2 Å². The van der Waals surface area contributed by atoms with Gasteiger partial charge in [0.05, 0.1) is 23.3 Å². The van der Waals surface area contributed by atoms with Crippen molar-refractivity contribution >= 4 is 35.1 Å². The zero-order valence-electron chi connectivity index (χ0n) is 13.8. The number of rotatable bonds is 8. The molecule has 0 saturated heterocycles. The van der Waals surface area contributed by atoms with Crippen molar-refractivity contribution in [2.45, 2.75) is 13.0 Å². The molecule has 0 fully saturated rings. The van der Waals surface area contributed by atoms with Crippen molar-refractivity contribution in [2.75, 3.05) is 13.2 Å². The van der Waals surface area contributed by atoms with E-state index in [2.05, 4.69) is 22.0 Å². The van der Waals surface area contributed by atoms with E-state index in [1.807, 2.05) is 0 Å². The molecule has 10 heteroatoms. The summed E-state index contributed by atoms with van der Waals surface area (Å²) in [5.41, 5.74) is 0.379. The van der Waals surface area contributed by atoms with Crippen molar-refractivity contribution in [2.24, 2.45) is 0 Å². The van der Waals surface area contributed by atoms with Crippen LogP contribution < -0.4 is 5.32 Å². The number of benzene rings is 1. The fourth-order valence-corrected chi connectivity index (χ4v) is 2.61. The first kappa shape index (κ1) is 19.9. The minimum absolute atomic E-state index is 0.163. The maximum atomic E-state index is 12.3. The molecule has 2 rings (SSSR count). The highest BCUT2D eigenvalue weighted by Crippen LogP contribution is 2.28. The number of nitrogens with zero attached hydrogens (tertiary/aromatic N) is 3. The molecule has 1 amide bonds. The first-order valence-electron chi connectivity index (χ1n) is 7.45. The summed E-state index contributed by atoms with van der Waals surface area (Å²) in [7, 11) is 0. The fourth-order valence-electron chi connectivity index (χ4n) is 2.06. The van der Waals surface area contributed by atoms with Crippen LogP contribution in [0.5, 0.6) is 0 Å². The van der Waals surface area contributed by atoms with Gasteiger partial charge in [-0.15, -0.1) is 11.7 Å². The Balaban J connectivity index is 2.23. The Bertz CT molecular complexity index is 817. The summed E-state index contributed by atoms with van der Waals surface area (Å²) in [6.45, 7) is 5.02. The number of hydrogen-bond donors (Lipinski definition) is 2. The number of aliphatic carboxylic acids is 1. The second-order valence-electron chi connectivity index (χ2n) is 5.16. The third kappa shape index (κ3) is 4.60. The second kappa shape index (κ2) is 8.79. The molecule has 1 atom stereocenters.